The third-order valence-electron chi connectivity index (χ3n) is 6.42. The molecule has 1 aromatic heterocycles. The minimum atomic E-state index is -0.166. The minimum Gasteiger partial charge on any atom is -0.381 e. The highest BCUT2D eigenvalue weighted by Crippen LogP contribution is 2.20. The van der Waals surface area contributed by atoms with Crippen molar-refractivity contribution >= 4 is 17.7 Å². The predicted molar refractivity (Wildman–Crippen MR) is 135 cm³/mol. The highest BCUT2D eigenvalue weighted by Gasteiger charge is 2.24. The van der Waals surface area contributed by atoms with E-state index in [1.165, 1.54) is 12.8 Å². The van der Waals surface area contributed by atoms with Crippen molar-refractivity contribution in [3.8, 4) is 0 Å². The molecule has 184 valence electrons. The van der Waals surface area contributed by atoms with Gasteiger partial charge in [-0.1, -0.05) is 44.2 Å². The molecule has 2 aliphatic rings. The number of aromatic nitrogens is 2. The highest BCUT2D eigenvalue weighted by molar-refractivity contribution is 5.98. The maximum Gasteiger partial charge on any atom is 0.256 e. The molecule has 0 unspecified atom stereocenters. The van der Waals surface area contributed by atoms with Gasteiger partial charge in [-0.2, -0.15) is 4.98 Å². The number of nitrogens with one attached hydrogen (secondary N) is 2. The first-order valence-electron chi connectivity index (χ1n) is 12.6. The Balaban J connectivity index is 1.38. The lowest BCUT2D eigenvalue weighted by molar-refractivity contribution is 0.0376. The molecule has 4 rings (SSSR count). The Morgan fingerprint density at radius 3 is 2.68 bits per heavy atom. The van der Waals surface area contributed by atoms with E-state index in [4.69, 9.17) is 9.72 Å². The number of ether oxygens (including phenoxy) is 1. The second-order valence-electron chi connectivity index (χ2n) is 9.75. The van der Waals surface area contributed by atoms with E-state index >= 15 is 0 Å². The summed E-state index contributed by atoms with van der Waals surface area (Å²) in [4.78, 5) is 27.1. The van der Waals surface area contributed by atoms with Gasteiger partial charge in [-0.25, -0.2) is 4.98 Å². The molecule has 2 aliphatic heterocycles. The van der Waals surface area contributed by atoms with Crippen LogP contribution in [0, 0.1) is 11.8 Å². The van der Waals surface area contributed by atoms with Crippen LogP contribution < -0.4 is 15.5 Å². The van der Waals surface area contributed by atoms with Crippen LogP contribution in [0.15, 0.2) is 36.5 Å². The van der Waals surface area contributed by atoms with Crippen molar-refractivity contribution in [3.63, 3.8) is 0 Å². The number of hydrogen-bond donors (Lipinski definition) is 2. The summed E-state index contributed by atoms with van der Waals surface area (Å²) in [5.41, 5.74) is 1.54. The van der Waals surface area contributed by atoms with Crippen molar-refractivity contribution in [2.45, 2.75) is 33.2 Å². The molecule has 0 aliphatic carbocycles. The van der Waals surface area contributed by atoms with E-state index in [0.717, 1.165) is 58.0 Å². The van der Waals surface area contributed by atoms with Gasteiger partial charge in [-0.15, -0.1) is 0 Å². The Morgan fingerprint density at radius 2 is 1.97 bits per heavy atom. The van der Waals surface area contributed by atoms with Crippen LogP contribution in [0.25, 0.3) is 0 Å². The van der Waals surface area contributed by atoms with Crippen molar-refractivity contribution in [3.05, 3.63) is 47.7 Å². The fraction of sp³-hybridized carbons (Fsp3) is 0.577. The van der Waals surface area contributed by atoms with Gasteiger partial charge in [0.25, 0.3) is 5.91 Å². The van der Waals surface area contributed by atoms with Gasteiger partial charge in [0, 0.05) is 58.6 Å². The normalized spacial score (nSPS) is 19.3. The first-order valence-corrected chi connectivity index (χ1v) is 12.6. The Morgan fingerprint density at radius 1 is 1.18 bits per heavy atom. The molecule has 0 radical (unpaired) electrons. The molecule has 0 saturated carbocycles. The summed E-state index contributed by atoms with van der Waals surface area (Å²) < 4.78 is 5.64. The monoisotopic (exact) mass is 466 g/mol. The first-order chi connectivity index (χ1) is 16.6. The molecule has 1 atom stereocenters. The average molecular weight is 467 g/mol. The van der Waals surface area contributed by atoms with E-state index < -0.39 is 0 Å². The fourth-order valence-corrected chi connectivity index (χ4v) is 4.45. The van der Waals surface area contributed by atoms with Crippen molar-refractivity contribution in [2.24, 2.45) is 11.8 Å². The van der Waals surface area contributed by atoms with Crippen molar-refractivity contribution < 1.29 is 9.53 Å². The molecule has 2 fully saturated rings. The van der Waals surface area contributed by atoms with Crippen LogP contribution in [0.2, 0.25) is 0 Å². The van der Waals surface area contributed by atoms with E-state index in [2.05, 4.69) is 39.3 Å². The summed E-state index contributed by atoms with van der Waals surface area (Å²) in [6.07, 6.45) is 4.11. The topological polar surface area (TPSA) is 82.6 Å². The third-order valence-corrected chi connectivity index (χ3v) is 6.42. The Hall–Kier alpha value is -2.71. The van der Waals surface area contributed by atoms with Crippen LogP contribution in [-0.2, 0) is 11.3 Å². The number of anilines is 2. The van der Waals surface area contributed by atoms with Gasteiger partial charge >= 0.3 is 0 Å². The summed E-state index contributed by atoms with van der Waals surface area (Å²) >= 11 is 0. The van der Waals surface area contributed by atoms with Crippen LogP contribution >= 0.6 is 0 Å². The van der Waals surface area contributed by atoms with Gasteiger partial charge in [0.1, 0.15) is 11.4 Å². The number of amides is 1. The van der Waals surface area contributed by atoms with Crippen LogP contribution in [0.1, 0.15) is 42.6 Å². The summed E-state index contributed by atoms with van der Waals surface area (Å²) in [6.45, 7) is 12.2. The van der Waals surface area contributed by atoms with Gasteiger partial charge in [0.2, 0.25) is 5.95 Å². The standard InChI is InChI=1S/C26H38N6O2/c1-20(2)15-27-24-23(25(33)28-16-21-7-4-3-5-8-21)17-29-26(30-24)32-12-10-31(11-13-32)18-22-9-6-14-34-19-22/h3-5,7-8,17,20,22H,6,9-16,18-19H2,1-2H3,(H,28,33)(H,27,29,30)/t22-/m0/s1. The summed E-state index contributed by atoms with van der Waals surface area (Å²) in [5.74, 6) is 2.21. The van der Waals surface area contributed by atoms with Crippen LogP contribution in [0.5, 0.6) is 0 Å². The zero-order valence-electron chi connectivity index (χ0n) is 20.5. The van der Waals surface area contributed by atoms with Crippen LogP contribution in [0.3, 0.4) is 0 Å². The number of carbonyl (C=O) groups is 1. The number of carbonyl (C=O) groups excluding carboxylic acids is 1. The smallest absolute Gasteiger partial charge is 0.256 e. The van der Waals surface area contributed by atoms with Gasteiger partial charge in [-0.3, -0.25) is 9.69 Å². The number of benzene rings is 1. The molecule has 8 heteroatoms. The lowest BCUT2D eigenvalue weighted by Gasteiger charge is -2.37. The second-order valence-corrected chi connectivity index (χ2v) is 9.75. The minimum absolute atomic E-state index is 0.166. The van der Waals surface area contributed by atoms with Gasteiger partial charge in [0.05, 0.1) is 6.61 Å². The first kappa shape index (κ1) is 24.4. The molecule has 0 bridgehead atoms. The Bertz CT molecular complexity index is 909. The third kappa shape index (κ3) is 6.90. The number of nitrogens with zero attached hydrogens (tertiary/aromatic N) is 4. The molecule has 0 spiro atoms. The predicted octanol–water partition coefficient (Wildman–Crippen LogP) is 3.02. The highest BCUT2D eigenvalue weighted by atomic mass is 16.5. The Labute approximate surface area is 203 Å². The number of hydrogen-bond acceptors (Lipinski definition) is 7. The second kappa shape index (κ2) is 12.1. The zero-order valence-corrected chi connectivity index (χ0v) is 20.5. The molecule has 34 heavy (non-hydrogen) atoms. The SMILES string of the molecule is CC(C)CNc1nc(N2CCN(C[C@@H]3CCCOC3)CC2)ncc1C(=O)NCc1ccccc1. The molecule has 1 aromatic carbocycles. The van der Waals surface area contributed by atoms with Crippen molar-refractivity contribution in [1.29, 1.82) is 0 Å². The quantitative estimate of drug-likeness (QED) is 0.588. The summed E-state index contributed by atoms with van der Waals surface area (Å²) in [5, 5.41) is 6.37. The molecular weight excluding hydrogens is 428 g/mol. The maximum absolute atomic E-state index is 12.9. The molecule has 2 N–H and O–H groups in total. The lowest BCUT2D eigenvalue weighted by Crippen LogP contribution is -2.49. The molecule has 1 amide bonds. The van der Waals surface area contributed by atoms with Crippen LogP contribution in [-0.4, -0.2) is 73.3 Å². The largest absolute Gasteiger partial charge is 0.381 e. The van der Waals surface area contributed by atoms with Gasteiger partial charge in [-0.05, 0) is 30.2 Å². The maximum atomic E-state index is 12.9. The Kier molecular flexibility index (Phi) is 8.71. The van der Waals surface area contributed by atoms with E-state index in [9.17, 15) is 4.79 Å². The van der Waals surface area contributed by atoms with E-state index in [1.807, 2.05) is 30.3 Å². The zero-order chi connectivity index (χ0) is 23.8. The average Bonchev–Trinajstić information content (AvgIpc) is 2.87. The summed E-state index contributed by atoms with van der Waals surface area (Å²) in [6, 6.07) is 9.91. The molecule has 2 aromatic rings. The molecule has 3 heterocycles. The van der Waals surface area contributed by atoms with E-state index in [1.54, 1.807) is 6.20 Å². The van der Waals surface area contributed by atoms with Crippen molar-refractivity contribution in [1.82, 2.24) is 20.2 Å². The summed E-state index contributed by atoms with van der Waals surface area (Å²) in [7, 11) is 0. The molecular formula is C26H38N6O2. The fourth-order valence-electron chi connectivity index (χ4n) is 4.45. The van der Waals surface area contributed by atoms with Crippen molar-refractivity contribution in [2.75, 3.05) is 62.7 Å². The van der Waals surface area contributed by atoms with E-state index in [0.29, 0.717) is 35.7 Å². The number of rotatable bonds is 9. The molecule has 2 saturated heterocycles. The number of piperazine rings is 1. The van der Waals surface area contributed by atoms with Crippen LogP contribution in [0.4, 0.5) is 11.8 Å². The van der Waals surface area contributed by atoms with Gasteiger partial charge < -0.3 is 20.3 Å². The van der Waals surface area contributed by atoms with E-state index in [-0.39, 0.29) is 5.91 Å². The van der Waals surface area contributed by atoms with Gasteiger partial charge in [0.15, 0.2) is 0 Å². The molecule has 8 nitrogen and oxygen atoms in total. The lowest BCUT2D eigenvalue weighted by atomic mass is 10.0.